The first-order chi connectivity index (χ1) is 10.2. The van der Waals surface area contributed by atoms with Gasteiger partial charge in [-0.2, -0.15) is 0 Å². The van der Waals surface area contributed by atoms with Crippen molar-refractivity contribution in [1.29, 1.82) is 0 Å². The zero-order valence-electron chi connectivity index (χ0n) is 13.2. The lowest BCUT2D eigenvalue weighted by Gasteiger charge is -2.19. The van der Waals surface area contributed by atoms with Crippen LogP contribution in [0.1, 0.15) is 37.6 Å². The fraction of sp³-hybridized carbons (Fsp3) is 0.529. The number of hydrogen-bond acceptors (Lipinski definition) is 3. The lowest BCUT2D eigenvalue weighted by atomic mass is 10.1. The molecular weight excluding hydrogens is 283 g/mol. The summed E-state index contributed by atoms with van der Waals surface area (Å²) in [6.07, 6.45) is 1.12. The molecule has 0 radical (unpaired) electrons. The summed E-state index contributed by atoms with van der Waals surface area (Å²) in [5.41, 5.74) is 1.17. The van der Waals surface area contributed by atoms with Gasteiger partial charge < -0.3 is 5.32 Å². The predicted octanol–water partition coefficient (Wildman–Crippen LogP) is 4.38. The molecule has 1 N–H and O–H groups in total. The van der Waals surface area contributed by atoms with Gasteiger partial charge in [-0.1, -0.05) is 26.8 Å². The fourth-order valence-corrected chi connectivity index (χ4v) is 3.77. The lowest BCUT2D eigenvalue weighted by molar-refractivity contribution is 0.296. The highest BCUT2D eigenvalue weighted by molar-refractivity contribution is 7.19. The van der Waals surface area contributed by atoms with E-state index in [1.807, 2.05) is 6.07 Å². The maximum Gasteiger partial charge on any atom is 0.132 e. The van der Waals surface area contributed by atoms with Crippen molar-refractivity contribution >= 4 is 21.4 Å². The summed E-state index contributed by atoms with van der Waals surface area (Å²) in [5.74, 6) is -0.0901. The molecule has 0 saturated carbocycles. The Hall–Kier alpha value is -0.970. The van der Waals surface area contributed by atoms with Gasteiger partial charge in [-0.05, 0) is 43.8 Å². The largest absolute Gasteiger partial charge is 0.312 e. The quantitative estimate of drug-likeness (QED) is 0.728. The molecule has 0 aliphatic rings. The van der Waals surface area contributed by atoms with Gasteiger partial charge in [-0.15, -0.1) is 11.3 Å². The first kappa shape index (κ1) is 16.4. The fourth-order valence-electron chi connectivity index (χ4n) is 2.58. The van der Waals surface area contributed by atoms with Crippen molar-refractivity contribution in [1.82, 2.24) is 10.2 Å². The Bertz CT molecular complexity index is 575. The van der Waals surface area contributed by atoms with Crippen LogP contribution in [0.25, 0.3) is 10.1 Å². The highest BCUT2D eigenvalue weighted by Crippen LogP contribution is 2.34. The molecule has 1 heterocycles. The van der Waals surface area contributed by atoms with Crippen molar-refractivity contribution in [3.05, 3.63) is 34.5 Å². The molecule has 0 aliphatic carbocycles. The van der Waals surface area contributed by atoms with Gasteiger partial charge in [0.1, 0.15) is 5.82 Å². The zero-order chi connectivity index (χ0) is 15.2. The minimum Gasteiger partial charge on any atom is -0.312 e. The van der Waals surface area contributed by atoms with E-state index < -0.39 is 0 Å². The second kappa shape index (κ2) is 7.87. The van der Waals surface area contributed by atoms with E-state index in [1.54, 1.807) is 23.5 Å². The van der Waals surface area contributed by atoms with E-state index in [0.29, 0.717) is 0 Å². The molecular formula is C17H25FN2S. The molecule has 2 aromatic rings. The normalized spacial score (nSPS) is 11.7. The summed E-state index contributed by atoms with van der Waals surface area (Å²) < 4.78 is 15.3. The third-order valence-electron chi connectivity index (χ3n) is 3.84. The summed E-state index contributed by atoms with van der Waals surface area (Å²) in [6.45, 7) is 11.1. The number of rotatable bonds is 8. The standard InChI is InChI=1S/C17H25FN2S/c1-4-10-19-11-16-13(12-20(5-2)6-3)17-14(18)8-7-9-15(17)21-16/h7-9,19H,4-6,10-12H2,1-3H3. The number of benzene rings is 1. The molecule has 116 valence electrons. The Morgan fingerprint density at radius 2 is 1.95 bits per heavy atom. The van der Waals surface area contributed by atoms with Gasteiger partial charge in [0.15, 0.2) is 0 Å². The minimum atomic E-state index is -0.0901. The molecule has 0 fully saturated rings. The van der Waals surface area contributed by atoms with E-state index >= 15 is 0 Å². The maximum absolute atomic E-state index is 14.3. The van der Waals surface area contributed by atoms with Crippen LogP contribution in [0, 0.1) is 5.82 Å². The smallest absolute Gasteiger partial charge is 0.132 e. The molecule has 0 amide bonds. The Balaban J connectivity index is 2.38. The Morgan fingerprint density at radius 3 is 2.62 bits per heavy atom. The van der Waals surface area contributed by atoms with Crippen LogP contribution in [0.4, 0.5) is 4.39 Å². The monoisotopic (exact) mass is 308 g/mol. The maximum atomic E-state index is 14.3. The van der Waals surface area contributed by atoms with Gasteiger partial charge in [0.2, 0.25) is 0 Å². The average molecular weight is 308 g/mol. The van der Waals surface area contributed by atoms with Crippen molar-refractivity contribution in [3.63, 3.8) is 0 Å². The Labute approximate surface area is 131 Å². The van der Waals surface area contributed by atoms with E-state index in [9.17, 15) is 4.39 Å². The third kappa shape index (κ3) is 3.82. The van der Waals surface area contributed by atoms with Crippen LogP contribution in [0.3, 0.4) is 0 Å². The first-order valence-electron chi connectivity index (χ1n) is 7.83. The van der Waals surface area contributed by atoms with Gasteiger partial charge >= 0.3 is 0 Å². The van der Waals surface area contributed by atoms with Gasteiger partial charge in [-0.25, -0.2) is 4.39 Å². The van der Waals surface area contributed by atoms with Crippen LogP contribution in [0.5, 0.6) is 0 Å². The van der Waals surface area contributed by atoms with Crippen molar-refractivity contribution in [2.24, 2.45) is 0 Å². The van der Waals surface area contributed by atoms with E-state index in [0.717, 1.165) is 49.2 Å². The van der Waals surface area contributed by atoms with Gasteiger partial charge in [0.25, 0.3) is 0 Å². The van der Waals surface area contributed by atoms with Crippen LogP contribution in [-0.2, 0) is 13.1 Å². The summed E-state index contributed by atoms with van der Waals surface area (Å²) >= 11 is 1.72. The summed E-state index contributed by atoms with van der Waals surface area (Å²) in [4.78, 5) is 3.62. The van der Waals surface area contributed by atoms with E-state index in [2.05, 4.69) is 31.0 Å². The van der Waals surface area contributed by atoms with Crippen molar-refractivity contribution in [2.45, 2.75) is 40.3 Å². The minimum absolute atomic E-state index is 0.0901. The number of fused-ring (bicyclic) bond motifs is 1. The van der Waals surface area contributed by atoms with Crippen LogP contribution >= 0.6 is 11.3 Å². The third-order valence-corrected chi connectivity index (χ3v) is 5.03. The molecule has 1 aromatic carbocycles. The number of hydrogen-bond donors (Lipinski definition) is 1. The Morgan fingerprint density at radius 1 is 1.19 bits per heavy atom. The molecule has 1 aromatic heterocycles. The molecule has 0 atom stereocenters. The molecule has 2 nitrogen and oxygen atoms in total. The first-order valence-corrected chi connectivity index (χ1v) is 8.64. The van der Waals surface area contributed by atoms with Crippen LogP contribution in [0.2, 0.25) is 0 Å². The molecule has 0 saturated heterocycles. The molecule has 21 heavy (non-hydrogen) atoms. The van der Waals surface area contributed by atoms with E-state index in [1.165, 1.54) is 10.4 Å². The van der Waals surface area contributed by atoms with Crippen molar-refractivity contribution in [2.75, 3.05) is 19.6 Å². The lowest BCUT2D eigenvalue weighted by Crippen LogP contribution is -2.23. The molecule has 0 aliphatic heterocycles. The molecule has 4 heteroatoms. The van der Waals surface area contributed by atoms with E-state index in [-0.39, 0.29) is 5.82 Å². The van der Waals surface area contributed by atoms with Crippen LogP contribution in [0.15, 0.2) is 18.2 Å². The molecule has 0 bridgehead atoms. The SMILES string of the molecule is CCCNCc1sc2cccc(F)c2c1CN(CC)CC. The Kier molecular flexibility index (Phi) is 6.15. The second-order valence-corrected chi connectivity index (χ2v) is 6.39. The summed E-state index contributed by atoms with van der Waals surface area (Å²) in [6, 6.07) is 5.40. The van der Waals surface area contributed by atoms with Gasteiger partial charge in [0, 0.05) is 28.1 Å². The van der Waals surface area contributed by atoms with Crippen molar-refractivity contribution < 1.29 is 4.39 Å². The van der Waals surface area contributed by atoms with Gasteiger partial charge in [0.05, 0.1) is 0 Å². The summed E-state index contributed by atoms with van der Waals surface area (Å²) in [7, 11) is 0. The van der Waals surface area contributed by atoms with Crippen LogP contribution in [-0.4, -0.2) is 24.5 Å². The second-order valence-electron chi connectivity index (χ2n) is 5.25. The summed E-state index contributed by atoms with van der Waals surface area (Å²) in [5, 5.41) is 4.27. The molecule has 0 spiro atoms. The number of thiophene rings is 1. The van der Waals surface area contributed by atoms with Crippen LogP contribution < -0.4 is 5.32 Å². The number of nitrogens with one attached hydrogen (secondary N) is 1. The molecule has 0 unspecified atom stereocenters. The predicted molar refractivity (Wildman–Crippen MR) is 90.4 cm³/mol. The van der Waals surface area contributed by atoms with E-state index in [4.69, 9.17) is 0 Å². The number of nitrogens with zero attached hydrogens (tertiary/aromatic N) is 1. The topological polar surface area (TPSA) is 15.3 Å². The average Bonchev–Trinajstić information content (AvgIpc) is 2.84. The highest BCUT2D eigenvalue weighted by Gasteiger charge is 2.16. The number of halogens is 1. The highest BCUT2D eigenvalue weighted by atomic mass is 32.1. The molecule has 2 rings (SSSR count). The van der Waals surface area contributed by atoms with Crippen molar-refractivity contribution in [3.8, 4) is 0 Å². The van der Waals surface area contributed by atoms with Gasteiger partial charge in [-0.3, -0.25) is 4.90 Å². The zero-order valence-corrected chi connectivity index (χ0v) is 14.0.